The van der Waals surface area contributed by atoms with E-state index in [-0.39, 0.29) is 24.4 Å². The van der Waals surface area contributed by atoms with Crippen molar-refractivity contribution in [3.8, 4) is 0 Å². The minimum absolute atomic E-state index is 0. The predicted octanol–water partition coefficient (Wildman–Crippen LogP) is 2.49. The fraction of sp³-hybridized carbons (Fsp3) is 0.417. The van der Waals surface area contributed by atoms with E-state index in [1.54, 1.807) is 24.3 Å². The van der Waals surface area contributed by atoms with Crippen LogP contribution in [0, 0.1) is 0 Å². The quantitative estimate of drug-likeness (QED) is 0.868. The standard InChI is InChI=1S/C12H17ClN2O.ClH/c1-3-14-9(2)8-15-12(16)10-4-6-11(13)7-5-10;/h4-7,9,14H,3,8H2,1-2H3,(H,15,16);1H/t9-;/m1./s1. The van der Waals surface area contributed by atoms with Gasteiger partial charge in [-0.2, -0.15) is 0 Å². The molecule has 0 radical (unpaired) electrons. The van der Waals surface area contributed by atoms with E-state index in [0.717, 1.165) is 6.54 Å². The maximum Gasteiger partial charge on any atom is 0.251 e. The lowest BCUT2D eigenvalue weighted by molar-refractivity contribution is 0.0950. The first-order chi connectivity index (χ1) is 7.63. The molecule has 0 saturated carbocycles. The molecule has 17 heavy (non-hydrogen) atoms. The van der Waals surface area contributed by atoms with E-state index < -0.39 is 0 Å². The molecule has 5 heteroatoms. The van der Waals surface area contributed by atoms with E-state index in [2.05, 4.69) is 10.6 Å². The molecule has 1 amide bonds. The van der Waals surface area contributed by atoms with Gasteiger partial charge in [-0.05, 0) is 37.7 Å². The first-order valence-electron chi connectivity index (χ1n) is 5.40. The molecule has 1 aromatic rings. The molecular formula is C12H18Cl2N2O. The molecule has 0 aliphatic rings. The summed E-state index contributed by atoms with van der Waals surface area (Å²) in [5.41, 5.74) is 0.632. The monoisotopic (exact) mass is 276 g/mol. The van der Waals surface area contributed by atoms with Crippen molar-refractivity contribution in [1.29, 1.82) is 0 Å². The number of rotatable bonds is 5. The number of benzene rings is 1. The van der Waals surface area contributed by atoms with Gasteiger partial charge in [0, 0.05) is 23.2 Å². The summed E-state index contributed by atoms with van der Waals surface area (Å²) in [5, 5.41) is 6.72. The zero-order valence-corrected chi connectivity index (χ0v) is 11.6. The Kier molecular flexibility index (Phi) is 7.96. The highest BCUT2D eigenvalue weighted by Gasteiger charge is 2.06. The molecule has 3 nitrogen and oxygen atoms in total. The Morgan fingerprint density at radius 2 is 1.94 bits per heavy atom. The van der Waals surface area contributed by atoms with E-state index in [9.17, 15) is 4.79 Å². The normalized spacial score (nSPS) is 11.5. The Hall–Kier alpha value is -0.770. The second kappa shape index (κ2) is 8.34. The second-order valence-corrected chi connectivity index (χ2v) is 4.11. The number of halogens is 2. The Labute approximate surface area is 113 Å². The number of carbonyl (C=O) groups excluding carboxylic acids is 1. The SMILES string of the molecule is CCN[C@H](C)CNC(=O)c1ccc(Cl)cc1.Cl. The van der Waals surface area contributed by atoms with Crippen molar-refractivity contribution in [3.05, 3.63) is 34.9 Å². The number of likely N-dealkylation sites (N-methyl/N-ethyl adjacent to an activating group) is 1. The highest BCUT2D eigenvalue weighted by Crippen LogP contribution is 2.09. The van der Waals surface area contributed by atoms with Crippen LogP contribution in [0.2, 0.25) is 5.02 Å². The van der Waals surface area contributed by atoms with Crippen molar-refractivity contribution < 1.29 is 4.79 Å². The molecule has 96 valence electrons. The van der Waals surface area contributed by atoms with Gasteiger partial charge < -0.3 is 10.6 Å². The molecule has 0 aliphatic heterocycles. The molecule has 2 N–H and O–H groups in total. The molecule has 0 aromatic heterocycles. The predicted molar refractivity (Wildman–Crippen MR) is 74.2 cm³/mol. The second-order valence-electron chi connectivity index (χ2n) is 3.68. The van der Waals surface area contributed by atoms with Gasteiger partial charge in [-0.15, -0.1) is 12.4 Å². The van der Waals surface area contributed by atoms with E-state index in [1.807, 2.05) is 13.8 Å². The third-order valence-electron chi connectivity index (χ3n) is 2.23. The number of amides is 1. The molecule has 0 spiro atoms. The maximum absolute atomic E-state index is 11.7. The Bertz CT molecular complexity index is 341. The van der Waals surface area contributed by atoms with Crippen molar-refractivity contribution in [2.24, 2.45) is 0 Å². The third-order valence-corrected chi connectivity index (χ3v) is 2.48. The van der Waals surface area contributed by atoms with Crippen LogP contribution in [0.25, 0.3) is 0 Å². The largest absolute Gasteiger partial charge is 0.350 e. The van der Waals surface area contributed by atoms with Crippen molar-refractivity contribution >= 4 is 29.9 Å². The molecule has 0 heterocycles. The van der Waals surface area contributed by atoms with Gasteiger partial charge in [-0.3, -0.25) is 4.79 Å². The minimum atomic E-state index is -0.0681. The van der Waals surface area contributed by atoms with Gasteiger partial charge in [0.15, 0.2) is 0 Å². The van der Waals surface area contributed by atoms with Crippen LogP contribution in [-0.4, -0.2) is 25.0 Å². The van der Waals surface area contributed by atoms with Crippen LogP contribution in [0.3, 0.4) is 0 Å². The molecule has 0 fully saturated rings. The van der Waals surface area contributed by atoms with Gasteiger partial charge >= 0.3 is 0 Å². The average molecular weight is 277 g/mol. The van der Waals surface area contributed by atoms with Gasteiger partial charge in [0.2, 0.25) is 0 Å². The summed E-state index contributed by atoms with van der Waals surface area (Å²) >= 11 is 5.74. The van der Waals surface area contributed by atoms with Crippen molar-refractivity contribution in [3.63, 3.8) is 0 Å². The van der Waals surface area contributed by atoms with Gasteiger partial charge in [-0.1, -0.05) is 18.5 Å². The van der Waals surface area contributed by atoms with E-state index in [1.165, 1.54) is 0 Å². The zero-order chi connectivity index (χ0) is 12.0. The zero-order valence-electron chi connectivity index (χ0n) is 10.00. The van der Waals surface area contributed by atoms with E-state index in [0.29, 0.717) is 17.1 Å². The molecule has 0 aliphatic carbocycles. The third kappa shape index (κ3) is 5.91. The number of hydrogen-bond acceptors (Lipinski definition) is 2. The fourth-order valence-corrected chi connectivity index (χ4v) is 1.50. The maximum atomic E-state index is 11.7. The molecule has 1 atom stereocenters. The Balaban J connectivity index is 0.00000256. The summed E-state index contributed by atoms with van der Waals surface area (Å²) in [6.07, 6.45) is 0. The van der Waals surface area contributed by atoms with Crippen molar-refractivity contribution in [2.45, 2.75) is 19.9 Å². The van der Waals surface area contributed by atoms with Gasteiger partial charge in [-0.25, -0.2) is 0 Å². The fourth-order valence-electron chi connectivity index (χ4n) is 1.37. The first kappa shape index (κ1) is 16.2. The minimum Gasteiger partial charge on any atom is -0.350 e. The van der Waals surface area contributed by atoms with Crippen LogP contribution >= 0.6 is 24.0 Å². The summed E-state index contributed by atoms with van der Waals surface area (Å²) in [7, 11) is 0. The van der Waals surface area contributed by atoms with Crippen LogP contribution in [0.5, 0.6) is 0 Å². The first-order valence-corrected chi connectivity index (χ1v) is 5.78. The van der Waals surface area contributed by atoms with E-state index in [4.69, 9.17) is 11.6 Å². The van der Waals surface area contributed by atoms with Crippen molar-refractivity contribution in [1.82, 2.24) is 10.6 Å². The Morgan fingerprint density at radius 3 is 2.47 bits per heavy atom. The molecule has 1 rings (SSSR count). The lowest BCUT2D eigenvalue weighted by Crippen LogP contribution is -2.38. The summed E-state index contributed by atoms with van der Waals surface area (Å²) in [5.74, 6) is -0.0681. The number of nitrogens with one attached hydrogen (secondary N) is 2. The van der Waals surface area contributed by atoms with Crippen LogP contribution in [0.4, 0.5) is 0 Å². The van der Waals surface area contributed by atoms with Gasteiger partial charge in [0.1, 0.15) is 0 Å². The van der Waals surface area contributed by atoms with Crippen LogP contribution in [0.1, 0.15) is 24.2 Å². The average Bonchev–Trinajstić information content (AvgIpc) is 2.27. The molecule has 0 bridgehead atoms. The summed E-state index contributed by atoms with van der Waals surface area (Å²) in [4.78, 5) is 11.7. The molecule has 1 aromatic carbocycles. The topological polar surface area (TPSA) is 41.1 Å². The van der Waals surface area contributed by atoms with Gasteiger partial charge in [0.05, 0.1) is 0 Å². The van der Waals surface area contributed by atoms with Crippen LogP contribution in [0.15, 0.2) is 24.3 Å². The van der Waals surface area contributed by atoms with E-state index >= 15 is 0 Å². The lowest BCUT2D eigenvalue weighted by Gasteiger charge is -2.13. The lowest BCUT2D eigenvalue weighted by atomic mass is 10.2. The summed E-state index contributed by atoms with van der Waals surface area (Å²) < 4.78 is 0. The smallest absolute Gasteiger partial charge is 0.251 e. The molecular weight excluding hydrogens is 259 g/mol. The molecule has 0 saturated heterocycles. The highest BCUT2D eigenvalue weighted by molar-refractivity contribution is 6.30. The highest BCUT2D eigenvalue weighted by atomic mass is 35.5. The summed E-state index contributed by atoms with van der Waals surface area (Å²) in [6, 6.07) is 7.14. The number of hydrogen-bond donors (Lipinski definition) is 2. The Morgan fingerprint density at radius 1 is 1.35 bits per heavy atom. The van der Waals surface area contributed by atoms with Crippen LogP contribution in [-0.2, 0) is 0 Å². The van der Waals surface area contributed by atoms with Gasteiger partial charge in [0.25, 0.3) is 5.91 Å². The van der Waals surface area contributed by atoms with Crippen LogP contribution < -0.4 is 10.6 Å². The summed E-state index contributed by atoms with van der Waals surface area (Å²) in [6.45, 7) is 5.59. The number of carbonyl (C=O) groups is 1. The molecule has 0 unspecified atom stereocenters. The van der Waals surface area contributed by atoms with Crippen molar-refractivity contribution in [2.75, 3.05) is 13.1 Å².